The van der Waals surface area contributed by atoms with E-state index >= 15 is 0 Å². The molecule has 1 aromatic rings. The second-order valence-electron chi connectivity index (χ2n) is 3.74. The highest BCUT2D eigenvalue weighted by molar-refractivity contribution is 5.07. The summed E-state index contributed by atoms with van der Waals surface area (Å²) >= 11 is 0. The van der Waals surface area contributed by atoms with Crippen LogP contribution in [-0.4, -0.2) is 23.2 Å². The number of rotatable bonds is 3. The Hall–Kier alpha value is -0.800. The molecule has 1 aromatic heterocycles. The van der Waals surface area contributed by atoms with Gasteiger partial charge in [0.2, 0.25) is 0 Å². The summed E-state index contributed by atoms with van der Waals surface area (Å²) < 4.78 is 0. The van der Waals surface area contributed by atoms with Gasteiger partial charge in [0, 0.05) is 11.9 Å². The van der Waals surface area contributed by atoms with Crippen LogP contribution in [0.4, 0.5) is 0 Å². The Labute approximate surface area is 78.2 Å². The minimum atomic E-state index is -0.320. The van der Waals surface area contributed by atoms with E-state index in [-0.39, 0.29) is 6.10 Å². The molecule has 0 radical (unpaired) electrons. The van der Waals surface area contributed by atoms with Crippen LogP contribution in [0.3, 0.4) is 0 Å². The number of aromatic amines is 1. The highest BCUT2D eigenvalue weighted by atomic mass is 16.3. The predicted octanol–water partition coefficient (Wildman–Crippen LogP) is 1.05. The van der Waals surface area contributed by atoms with Gasteiger partial charge in [0.1, 0.15) is 0 Å². The molecular formula is C10H16N2O. The number of hydrogen-bond acceptors (Lipinski definition) is 2. The summed E-state index contributed by atoms with van der Waals surface area (Å²) in [5.74, 6) is 0.637. The molecule has 2 atom stereocenters. The Morgan fingerprint density at radius 2 is 2.54 bits per heavy atom. The van der Waals surface area contributed by atoms with Gasteiger partial charge in [-0.15, -0.1) is 0 Å². The first-order chi connectivity index (χ1) is 6.36. The van der Waals surface area contributed by atoms with Crippen LogP contribution in [0, 0.1) is 5.92 Å². The molecule has 0 spiro atoms. The highest BCUT2D eigenvalue weighted by Gasteiger charge is 2.19. The Kier molecular flexibility index (Phi) is 2.66. The van der Waals surface area contributed by atoms with E-state index in [2.05, 4.69) is 10.3 Å². The third kappa shape index (κ3) is 2.11. The van der Waals surface area contributed by atoms with Crippen LogP contribution in [0.1, 0.15) is 24.6 Å². The van der Waals surface area contributed by atoms with Crippen LogP contribution in [0.5, 0.6) is 0 Å². The van der Waals surface area contributed by atoms with Gasteiger partial charge in [0.25, 0.3) is 0 Å². The smallest absolute Gasteiger partial charge is 0.0940 e. The maximum atomic E-state index is 9.81. The first kappa shape index (κ1) is 8.78. The van der Waals surface area contributed by atoms with Crippen LogP contribution in [0.2, 0.25) is 0 Å². The summed E-state index contributed by atoms with van der Waals surface area (Å²) in [6, 6.07) is 3.86. The minimum absolute atomic E-state index is 0.320. The van der Waals surface area contributed by atoms with Crippen molar-refractivity contribution >= 4 is 0 Å². The van der Waals surface area contributed by atoms with Crippen molar-refractivity contribution in [3.8, 4) is 0 Å². The number of hydrogen-bond donors (Lipinski definition) is 3. The highest BCUT2D eigenvalue weighted by Crippen LogP contribution is 2.23. The first-order valence-electron chi connectivity index (χ1n) is 4.88. The molecule has 2 heterocycles. The van der Waals surface area contributed by atoms with E-state index in [1.807, 2.05) is 18.3 Å². The van der Waals surface area contributed by atoms with Crippen LogP contribution in [0.15, 0.2) is 18.3 Å². The zero-order valence-corrected chi connectivity index (χ0v) is 7.66. The lowest BCUT2D eigenvalue weighted by atomic mass is 9.99. The van der Waals surface area contributed by atoms with Crippen molar-refractivity contribution in [2.45, 2.75) is 18.9 Å². The summed E-state index contributed by atoms with van der Waals surface area (Å²) in [7, 11) is 0. The van der Waals surface area contributed by atoms with Gasteiger partial charge in [0.15, 0.2) is 0 Å². The normalized spacial score (nSPS) is 24.8. The van der Waals surface area contributed by atoms with E-state index in [0.29, 0.717) is 5.92 Å². The lowest BCUT2D eigenvalue weighted by Gasteiger charge is -2.13. The quantitative estimate of drug-likeness (QED) is 0.651. The Bertz CT molecular complexity index is 239. The topological polar surface area (TPSA) is 48.0 Å². The molecule has 13 heavy (non-hydrogen) atoms. The third-order valence-corrected chi connectivity index (χ3v) is 2.70. The van der Waals surface area contributed by atoms with Crippen LogP contribution in [-0.2, 0) is 0 Å². The molecule has 1 fully saturated rings. The van der Waals surface area contributed by atoms with Gasteiger partial charge < -0.3 is 15.4 Å². The Morgan fingerprint density at radius 1 is 1.62 bits per heavy atom. The second kappa shape index (κ2) is 3.94. The van der Waals surface area contributed by atoms with E-state index < -0.39 is 0 Å². The van der Waals surface area contributed by atoms with Gasteiger partial charge in [0.05, 0.1) is 6.10 Å². The monoisotopic (exact) mass is 180 g/mol. The molecule has 0 saturated carbocycles. The molecule has 0 bridgehead atoms. The van der Waals surface area contributed by atoms with Gasteiger partial charge >= 0.3 is 0 Å². The zero-order chi connectivity index (χ0) is 9.10. The fourth-order valence-corrected chi connectivity index (χ4v) is 1.91. The van der Waals surface area contributed by atoms with E-state index in [0.717, 1.165) is 25.2 Å². The molecule has 72 valence electrons. The van der Waals surface area contributed by atoms with Crippen molar-refractivity contribution in [3.05, 3.63) is 24.0 Å². The van der Waals surface area contributed by atoms with Gasteiger partial charge in [-0.25, -0.2) is 0 Å². The SMILES string of the molecule is OC(CC1CCNC1)c1ccc[nH]1. The lowest BCUT2D eigenvalue weighted by molar-refractivity contribution is 0.144. The average Bonchev–Trinajstić information content (AvgIpc) is 2.74. The summed E-state index contributed by atoms with van der Waals surface area (Å²) in [5.41, 5.74) is 0.937. The molecular weight excluding hydrogens is 164 g/mol. The van der Waals surface area contributed by atoms with Gasteiger partial charge in [-0.1, -0.05) is 0 Å². The zero-order valence-electron chi connectivity index (χ0n) is 7.66. The van der Waals surface area contributed by atoms with Crippen LogP contribution >= 0.6 is 0 Å². The molecule has 3 nitrogen and oxygen atoms in total. The number of aliphatic hydroxyl groups is 1. The Balaban J connectivity index is 1.87. The van der Waals surface area contributed by atoms with Crippen molar-refractivity contribution in [2.75, 3.05) is 13.1 Å². The van der Waals surface area contributed by atoms with Gasteiger partial charge in [-0.3, -0.25) is 0 Å². The van der Waals surface area contributed by atoms with Crippen LogP contribution in [0.25, 0.3) is 0 Å². The molecule has 0 aliphatic carbocycles. The van der Waals surface area contributed by atoms with Crippen molar-refractivity contribution in [3.63, 3.8) is 0 Å². The summed E-state index contributed by atoms with van der Waals surface area (Å²) in [6.07, 6.45) is 3.59. The fourth-order valence-electron chi connectivity index (χ4n) is 1.91. The van der Waals surface area contributed by atoms with E-state index in [1.54, 1.807) is 0 Å². The first-order valence-corrected chi connectivity index (χ1v) is 4.88. The number of H-pyrrole nitrogens is 1. The number of aliphatic hydroxyl groups excluding tert-OH is 1. The third-order valence-electron chi connectivity index (χ3n) is 2.70. The molecule has 1 saturated heterocycles. The number of aromatic nitrogens is 1. The van der Waals surface area contributed by atoms with Crippen molar-refractivity contribution in [1.29, 1.82) is 0 Å². The fraction of sp³-hybridized carbons (Fsp3) is 0.600. The predicted molar refractivity (Wildman–Crippen MR) is 51.3 cm³/mol. The van der Waals surface area contributed by atoms with Crippen molar-refractivity contribution in [1.82, 2.24) is 10.3 Å². The molecule has 0 amide bonds. The van der Waals surface area contributed by atoms with E-state index in [4.69, 9.17) is 0 Å². The molecule has 2 rings (SSSR count). The Morgan fingerprint density at radius 3 is 3.15 bits per heavy atom. The maximum absolute atomic E-state index is 9.81. The van der Waals surface area contributed by atoms with Crippen molar-refractivity contribution in [2.24, 2.45) is 5.92 Å². The van der Waals surface area contributed by atoms with Crippen LogP contribution < -0.4 is 5.32 Å². The van der Waals surface area contributed by atoms with Crippen molar-refractivity contribution < 1.29 is 5.11 Å². The van der Waals surface area contributed by atoms with Gasteiger partial charge in [-0.2, -0.15) is 0 Å². The van der Waals surface area contributed by atoms with E-state index in [9.17, 15) is 5.11 Å². The number of nitrogens with one attached hydrogen (secondary N) is 2. The molecule has 2 unspecified atom stereocenters. The maximum Gasteiger partial charge on any atom is 0.0940 e. The molecule has 3 heteroatoms. The molecule has 0 aromatic carbocycles. The molecule has 3 N–H and O–H groups in total. The molecule has 1 aliphatic heterocycles. The summed E-state index contributed by atoms with van der Waals surface area (Å²) in [6.45, 7) is 2.15. The lowest BCUT2D eigenvalue weighted by Crippen LogP contribution is -2.12. The largest absolute Gasteiger partial charge is 0.387 e. The van der Waals surface area contributed by atoms with Gasteiger partial charge in [-0.05, 0) is 44.0 Å². The molecule has 1 aliphatic rings. The average molecular weight is 180 g/mol. The summed E-state index contributed by atoms with van der Waals surface area (Å²) in [4.78, 5) is 3.04. The minimum Gasteiger partial charge on any atom is -0.387 e. The summed E-state index contributed by atoms with van der Waals surface area (Å²) in [5, 5.41) is 13.1. The van der Waals surface area contributed by atoms with E-state index in [1.165, 1.54) is 6.42 Å². The second-order valence-corrected chi connectivity index (χ2v) is 3.74. The standard InChI is InChI=1S/C10H16N2O/c13-10(9-2-1-4-12-9)6-8-3-5-11-7-8/h1-2,4,8,10-13H,3,5-7H2.